The van der Waals surface area contributed by atoms with Crippen LogP contribution in [0.15, 0.2) is 59.0 Å². The molecular formula is C23H22N2O4. The Morgan fingerprint density at radius 1 is 1.17 bits per heavy atom. The van der Waals surface area contributed by atoms with Crippen LogP contribution < -0.4 is 10.1 Å². The van der Waals surface area contributed by atoms with Crippen LogP contribution >= 0.6 is 0 Å². The third-order valence-corrected chi connectivity index (χ3v) is 4.37. The molecule has 3 aromatic rings. The van der Waals surface area contributed by atoms with Crippen molar-refractivity contribution < 1.29 is 19.1 Å². The highest BCUT2D eigenvalue weighted by Gasteiger charge is 2.18. The zero-order valence-corrected chi connectivity index (χ0v) is 16.5. The number of rotatable bonds is 5. The summed E-state index contributed by atoms with van der Waals surface area (Å²) in [5, 5.41) is 21.8. The van der Waals surface area contributed by atoms with Gasteiger partial charge >= 0.3 is 0 Å². The van der Waals surface area contributed by atoms with Crippen LogP contribution in [0.5, 0.6) is 11.5 Å². The molecule has 0 bridgehead atoms. The predicted octanol–water partition coefficient (Wildman–Crippen LogP) is 4.99. The highest BCUT2D eigenvalue weighted by molar-refractivity contribution is 6.03. The zero-order chi connectivity index (χ0) is 21.0. The molecule has 0 atom stereocenters. The second-order valence-corrected chi connectivity index (χ2v) is 7.60. The monoisotopic (exact) mass is 390 g/mol. The van der Waals surface area contributed by atoms with E-state index in [1.54, 1.807) is 42.5 Å². The van der Waals surface area contributed by atoms with Gasteiger partial charge in [0.15, 0.2) is 5.76 Å². The summed E-state index contributed by atoms with van der Waals surface area (Å²) in [6.07, 6.45) is 0. The molecule has 0 saturated heterocycles. The number of nitrogens with one attached hydrogen (secondary N) is 1. The lowest BCUT2D eigenvalue weighted by molar-refractivity contribution is 0.0992. The Balaban J connectivity index is 1.69. The van der Waals surface area contributed by atoms with Crippen molar-refractivity contribution >= 4 is 11.6 Å². The summed E-state index contributed by atoms with van der Waals surface area (Å²) in [7, 11) is 0. The van der Waals surface area contributed by atoms with E-state index >= 15 is 0 Å². The number of phenolic OH excluding ortho intramolecular Hbond substituents is 1. The van der Waals surface area contributed by atoms with Gasteiger partial charge in [-0.3, -0.25) is 4.79 Å². The van der Waals surface area contributed by atoms with Gasteiger partial charge in [-0.2, -0.15) is 5.26 Å². The molecule has 2 aromatic carbocycles. The number of nitrogens with zero attached hydrogens (tertiary/aromatic N) is 1. The van der Waals surface area contributed by atoms with Crippen LogP contribution in [0.1, 0.15) is 48.2 Å². The van der Waals surface area contributed by atoms with Crippen molar-refractivity contribution in [2.75, 3.05) is 5.32 Å². The number of anilines is 1. The Morgan fingerprint density at radius 3 is 2.66 bits per heavy atom. The number of amides is 1. The van der Waals surface area contributed by atoms with Crippen LogP contribution in [0.25, 0.3) is 0 Å². The van der Waals surface area contributed by atoms with Crippen molar-refractivity contribution in [1.29, 1.82) is 5.26 Å². The average molecular weight is 390 g/mol. The molecule has 0 fully saturated rings. The number of hydrogen-bond donors (Lipinski definition) is 2. The van der Waals surface area contributed by atoms with E-state index in [0.29, 0.717) is 22.8 Å². The molecular weight excluding hydrogens is 368 g/mol. The number of para-hydroxylation sites is 1. The lowest BCUT2D eigenvalue weighted by Gasteiger charge is -2.20. The summed E-state index contributed by atoms with van der Waals surface area (Å²) in [4.78, 5) is 12.5. The van der Waals surface area contributed by atoms with Crippen molar-refractivity contribution in [2.24, 2.45) is 0 Å². The lowest BCUT2D eigenvalue weighted by Crippen LogP contribution is -2.14. The lowest BCUT2D eigenvalue weighted by atomic mass is 9.87. The first-order valence-corrected chi connectivity index (χ1v) is 9.13. The number of ether oxygens (including phenoxy) is 1. The Labute approximate surface area is 169 Å². The first-order chi connectivity index (χ1) is 13.8. The summed E-state index contributed by atoms with van der Waals surface area (Å²) >= 11 is 0. The van der Waals surface area contributed by atoms with Gasteiger partial charge in [0, 0.05) is 0 Å². The predicted molar refractivity (Wildman–Crippen MR) is 109 cm³/mol. The average Bonchev–Trinajstić information content (AvgIpc) is 3.16. The van der Waals surface area contributed by atoms with Crippen molar-refractivity contribution in [1.82, 2.24) is 0 Å². The molecule has 1 aromatic heterocycles. The van der Waals surface area contributed by atoms with E-state index in [1.807, 2.05) is 26.8 Å². The molecule has 0 spiro atoms. The molecule has 1 heterocycles. The Hall–Kier alpha value is -3.72. The fourth-order valence-corrected chi connectivity index (χ4v) is 2.70. The van der Waals surface area contributed by atoms with E-state index in [1.165, 1.54) is 6.07 Å². The summed E-state index contributed by atoms with van der Waals surface area (Å²) in [6.45, 7) is 6.23. The maximum atomic E-state index is 12.5. The van der Waals surface area contributed by atoms with Crippen LogP contribution in [0.2, 0.25) is 0 Å². The molecule has 6 heteroatoms. The molecule has 0 aliphatic carbocycles. The van der Waals surface area contributed by atoms with Gasteiger partial charge in [0.1, 0.15) is 29.9 Å². The maximum absolute atomic E-state index is 12.5. The van der Waals surface area contributed by atoms with E-state index in [2.05, 4.69) is 11.4 Å². The molecule has 0 unspecified atom stereocenters. The molecule has 0 aliphatic heterocycles. The minimum Gasteiger partial charge on any atom is -0.506 e. The van der Waals surface area contributed by atoms with Crippen LogP contribution in [-0.2, 0) is 12.0 Å². The van der Waals surface area contributed by atoms with E-state index in [-0.39, 0.29) is 23.5 Å². The van der Waals surface area contributed by atoms with Crippen molar-refractivity contribution in [2.45, 2.75) is 32.8 Å². The van der Waals surface area contributed by atoms with E-state index in [4.69, 9.17) is 14.4 Å². The minimum absolute atomic E-state index is 0.0189. The molecule has 2 N–H and O–H groups in total. The van der Waals surface area contributed by atoms with Gasteiger partial charge < -0.3 is 19.6 Å². The van der Waals surface area contributed by atoms with E-state index < -0.39 is 5.91 Å². The largest absolute Gasteiger partial charge is 0.506 e. The number of carbonyl (C=O) groups excluding carboxylic acids is 1. The van der Waals surface area contributed by atoms with Gasteiger partial charge in [0.25, 0.3) is 5.91 Å². The first-order valence-electron chi connectivity index (χ1n) is 9.13. The number of aromatic hydroxyl groups is 1. The molecule has 0 aliphatic rings. The molecule has 0 saturated carbocycles. The summed E-state index contributed by atoms with van der Waals surface area (Å²) in [5.41, 5.74) is 1.60. The Kier molecular flexibility index (Phi) is 5.60. The number of hydrogen-bond acceptors (Lipinski definition) is 5. The molecule has 1 amide bonds. The SMILES string of the molecule is CC(C)(C)c1ccc(O)c(NC(=O)c2ccc(COc3ccccc3C#N)o2)c1. The standard InChI is InChI=1S/C23H22N2O4/c1-23(2,3)16-8-10-19(26)18(12-16)25-22(27)21-11-9-17(29-21)14-28-20-7-5-4-6-15(20)13-24/h4-12,26H,14H2,1-3H3,(H,25,27). The van der Waals surface area contributed by atoms with Gasteiger partial charge in [0.05, 0.1) is 11.3 Å². The molecule has 3 rings (SSSR count). The van der Waals surface area contributed by atoms with Crippen LogP contribution in [-0.4, -0.2) is 11.0 Å². The van der Waals surface area contributed by atoms with Crippen molar-refractivity contribution in [3.8, 4) is 17.6 Å². The zero-order valence-electron chi connectivity index (χ0n) is 16.5. The van der Waals surface area contributed by atoms with Crippen molar-refractivity contribution in [3.63, 3.8) is 0 Å². The Bertz CT molecular complexity index is 1070. The third kappa shape index (κ3) is 4.77. The second-order valence-electron chi connectivity index (χ2n) is 7.60. The van der Waals surface area contributed by atoms with Crippen molar-refractivity contribution in [3.05, 3.63) is 77.2 Å². The smallest absolute Gasteiger partial charge is 0.291 e. The number of nitriles is 1. The minimum atomic E-state index is -0.477. The van der Waals surface area contributed by atoms with Crippen LogP contribution in [0.3, 0.4) is 0 Å². The molecule has 6 nitrogen and oxygen atoms in total. The molecule has 0 radical (unpaired) electrons. The van der Waals surface area contributed by atoms with Crippen LogP contribution in [0.4, 0.5) is 5.69 Å². The molecule has 29 heavy (non-hydrogen) atoms. The van der Waals surface area contributed by atoms with E-state index in [9.17, 15) is 9.90 Å². The maximum Gasteiger partial charge on any atom is 0.291 e. The number of carbonyl (C=O) groups is 1. The van der Waals surface area contributed by atoms with Gasteiger partial charge in [-0.1, -0.05) is 39.0 Å². The summed E-state index contributed by atoms with van der Waals surface area (Å²) < 4.78 is 11.2. The molecule has 148 valence electrons. The number of phenols is 1. The summed E-state index contributed by atoms with van der Waals surface area (Å²) in [6, 6.07) is 17.2. The first kappa shape index (κ1) is 20.0. The fourth-order valence-electron chi connectivity index (χ4n) is 2.70. The number of furan rings is 1. The van der Waals surface area contributed by atoms with E-state index in [0.717, 1.165) is 5.56 Å². The highest BCUT2D eigenvalue weighted by atomic mass is 16.5. The van der Waals surface area contributed by atoms with Crippen LogP contribution in [0, 0.1) is 11.3 Å². The quantitative estimate of drug-likeness (QED) is 0.599. The fraction of sp³-hybridized carbons (Fsp3) is 0.217. The van der Waals surface area contributed by atoms with Gasteiger partial charge in [-0.15, -0.1) is 0 Å². The second kappa shape index (κ2) is 8.11. The summed E-state index contributed by atoms with van der Waals surface area (Å²) in [5.74, 6) is 0.485. The highest BCUT2D eigenvalue weighted by Crippen LogP contribution is 2.31. The Morgan fingerprint density at radius 2 is 1.93 bits per heavy atom. The van der Waals surface area contributed by atoms with Gasteiger partial charge in [-0.25, -0.2) is 0 Å². The van der Waals surface area contributed by atoms with Gasteiger partial charge in [-0.05, 0) is 47.4 Å². The normalized spacial score (nSPS) is 11.0. The number of benzene rings is 2. The van der Waals surface area contributed by atoms with Gasteiger partial charge in [0.2, 0.25) is 0 Å². The third-order valence-electron chi connectivity index (χ3n) is 4.37. The topological polar surface area (TPSA) is 95.5 Å².